The van der Waals surface area contributed by atoms with E-state index in [4.69, 9.17) is 9.47 Å². The molecule has 1 fully saturated rings. The zero-order valence-electron chi connectivity index (χ0n) is 13.8. The molecule has 0 heterocycles. The highest BCUT2D eigenvalue weighted by Gasteiger charge is 2.51. The van der Waals surface area contributed by atoms with E-state index in [1.165, 1.54) is 13.3 Å². The van der Waals surface area contributed by atoms with Gasteiger partial charge in [-0.2, -0.15) is 0 Å². The summed E-state index contributed by atoms with van der Waals surface area (Å²) in [6.45, 7) is 4.91. The van der Waals surface area contributed by atoms with Gasteiger partial charge in [-0.1, -0.05) is 32.1 Å². The largest absolute Gasteiger partial charge is 0.464 e. The molecule has 0 aliphatic heterocycles. The molecule has 6 heteroatoms. The van der Waals surface area contributed by atoms with Crippen LogP contribution >= 0.6 is 0 Å². The first-order chi connectivity index (χ1) is 10.5. The maximum Gasteiger partial charge on any atom is 0.343 e. The molecule has 0 radical (unpaired) electrons. The normalized spacial score (nSPS) is 16.0. The Morgan fingerprint density at radius 1 is 1.00 bits per heavy atom. The minimum Gasteiger partial charge on any atom is -0.464 e. The topological polar surface area (TPSA) is 81.7 Å². The molecule has 0 atom stereocenters. The van der Waals surface area contributed by atoms with Crippen molar-refractivity contribution < 1.29 is 23.9 Å². The highest BCUT2D eigenvalue weighted by atomic mass is 16.6. The standard InChI is InChI=1S/C16H27NO5/c1-4-21-14(19)16(17-12(3)18,15(20)22-5-2)11-13-9-7-6-8-10-13/h13H,4-11H2,1-3H3,(H,17,18). The maximum absolute atomic E-state index is 12.5. The van der Waals surface area contributed by atoms with E-state index < -0.39 is 23.4 Å². The van der Waals surface area contributed by atoms with Crippen LogP contribution in [0.25, 0.3) is 0 Å². The van der Waals surface area contributed by atoms with E-state index in [9.17, 15) is 14.4 Å². The van der Waals surface area contributed by atoms with E-state index in [0.29, 0.717) is 0 Å². The van der Waals surface area contributed by atoms with Gasteiger partial charge in [0.1, 0.15) is 0 Å². The SMILES string of the molecule is CCOC(=O)C(CC1CCCCC1)(NC(C)=O)C(=O)OCC. The number of carbonyl (C=O) groups excluding carboxylic acids is 3. The van der Waals surface area contributed by atoms with Crippen molar-refractivity contribution in [3.63, 3.8) is 0 Å². The van der Waals surface area contributed by atoms with Crippen molar-refractivity contribution in [2.75, 3.05) is 13.2 Å². The summed E-state index contributed by atoms with van der Waals surface area (Å²) in [6.07, 6.45) is 5.45. The lowest BCUT2D eigenvalue weighted by atomic mass is 9.79. The first-order valence-corrected chi connectivity index (χ1v) is 8.09. The molecule has 126 valence electrons. The van der Waals surface area contributed by atoms with Gasteiger partial charge in [0.05, 0.1) is 13.2 Å². The van der Waals surface area contributed by atoms with Crippen molar-refractivity contribution >= 4 is 17.8 Å². The van der Waals surface area contributed by atoms with Crippen LogP contribution in [0.2, 0.25) is 0 Å². The van der Waals surface area contributed by atoms with Gasteiger partial charge in [0.15, 0.2) is 0 Å². The zero-order chi connectivity index (χ0) is 16.6. The van der Waals surface area contributed by atoms with Crippen molar-refractivity contribution in [2.45, 2.75) is 64.8 Å². The molecule has 1 amide bonds. The van der Waals surface area contributed by atoms with Gasteiger partial charge in [-0.05, 0) is 26.2 Å². The fourth-order valence-corrected chi connectivity index (χ4v) is 3.04. The van der Waals surface area contributed by atoms with Crippen molar-refractivity contribution in [1.29, 1.82) is 0 Å². The molecule has 0 bridgehead atoms. The summed E-state index contributed by atoms with van der Waals surface area (Å²) in [5.41, 5.74) is -1.72. The summed E-state index contributed by atoms with van der Waals surface area (Å²) in [4.78, 5) is 36.5. The summed E-state index contributed by atoms with van der Waals surface area (Å²) >= 11 is 0. The number of rotatable bonds is 7. The van der Waals surface area contributed by atoms with Gasteiger partial charge >= 0.3 is 11.9 Å². The number of carbonyl (C=O) groups is 3. The van der Waals surface area contributed by atoms with Gasteiger partial charge in [0.25, 0.3) is 0 Å². The van der Waals surface area contributed by atoms with Crippen LogP contribution in [-0.2, 0) is 23.9 Å². The predicted octanol–water partition coefficient (Wildman–Crippen LogP) is 1.96. The number of ether oxygens (including phenoxy) is 2. The number of esters is 2. The second-order valence-electron chi connectivity index (χ2n) is 5.74. The maximum atomic E-state index is 12.5. The third-order valence-corrected chi connectivity index (χ3v) is 3.96. The van der Waals surface area contributed by atoms with Crippen molar-refractivity contribution in [3.8, 4) is 0 Å². The molecule has 0 unspecified atom stereocenters. The van der Waals surface area contributed by atoms with Gasteiger partial charge in [-0.25, -0.2) is 9.59 Å². The van der Waals surface area contributed by atoms with Crippen molar-refractivity contribution in [3.05, 3.63) is 0 Å². The van der Waals surface area contributed by atoms with Gasteiger partial charge in [-0.15, -0.1) is 0 Å². The molecule has 0 aromatic rings. The third-order valence-electron chi connectivity index (χ3n) is 3.96. The first-order valence-electron chi connectivity index (χ1n) is 8.09. The fraction of sp³-hybridized carbons (Fsp3) is 0.812. The molecule has 0 spiro atoms. The highest BCUT2D eigenvalue weighted by Crippen LogP contribution is 2.32. The smallest absolute Gasteiger partial charge is 0.343 e. The van der Waals surface area contributed by atoms with Crippen LogP contribution in [0.15, 0.2) is 0 Å². The number of nitrogens with one attached hydrogen (secondary N) is 1. The average molecular weight is 313 g/mol. The number of amides is 1. The highest BCUT2D eigenvalue weighted by molar-refractivity contribution is 6.07. The van der Waals surface area contributed by atoms with E-state index in [1.54, 1.807) is 13.8 Å². The Hall–Kier alpha value is -1.59. The molecular weight excluding hydrogens is 286 g/mol. The van der Waals surface area contributed by atoms with Crippen LogP contribution in [0.3, 0.4) is 0 Å². The number of hydrogen-bond acceptors (Lipinski definition) is 5. The minimum atomic E-state index is -1.72. The van der Waals surface area contributed by atoms with E-state index in [2.05, 4.69) is 5.32 Å². The third kappa shape index (κ3) is 4.71. The predicted molar refractivity (Wildman–Crippen MR) is 81.0 cm³/mol. The van der Waals surface area contributed by atoms with Crippen LogP contribution in [0.5, 0.6) is 0 Å². The molecule has 0 aromatic carbocycles. The molecule has 22 heavy (non-hydrogen) atoms. The van der Waals surface area contributed by atoms with Gasteiger partial charge in [0, 0.05) is 6.92 Å². The van der Waals surface area contributed by atoms with Crippen LogP contribution in [-0.4, -0.2) is 36.6 Å². The quantitative estimate of drug-likeness (QED) is 0.574. The van der Waals surface area contributed by atoms with Crippen molar-refractivity contribution in [1.82, 2.24) is 5.32 Å². The lowest BCUT2D eigenvalue weighted by Gasteiger charge is -2.34. The average Bonchev–Trinajstić information content (AvgIpc) is 2.47. The summed E-state index contributed by atoms with van der Waals surface area (Å²) in [5, 5.41) is 2.52. The fourth-order valence-electron chi connectivity index (χ4n) is 3.04. The zero-order valence-corrected chi connectivity index (χ0v) is 13.8. The van der Waals surface area contributed by atoms with E-state index >= 15 is 0 Å². The van der Waals surface area contributed by atoms with Crippen LogP contribution in [0.1, 0.15) is 59.3 Å². The van der Waals surface area contributed by atoms with E-state index in [-0.39, 0.29) is 25.6 Å². The van der Waals surface area contributed by atoms with Gasteiger partial charge < -0.3 is 14.8 Å². The Bertz CT molecular complexity index is 383. The first kappa shape index (κ1) is 18.5. The Balaban J connectivity index is 3.07. The molecule has 0 aromatic heterocycles. The monoisotopic (exact) mass is 313 g/mol. The lowest BCUT2D eigenvalue weighted by Crippen LogP contribution is -2.62. The lowest BCUT2D eigenvalue weighted by molar-refractivity contribution is -0.169. The van der Waals surface area contributed by atoms with E-state index in [0.717, 1.165) is 25.7 Å². The summed E-state index contributed by atoms with van der Waals surface area (Å²) in [6, 6.07) is 0. The Morgan fingerprint density at radius 2 is 1.50 bits per heavy atom. The van der Waals surface area contributed by atoms with Crippen molar-refractivity contribution in [2.24, 2.45) is 5.92 Å². The molecular formula is C16H27NO5. The Kier molecular flexibility index (Phi) is 7.35. The molecule has 1 aliphatic rings. The molecule has 6 nitrogen and oxygen atoms in total. The van der Waals surface area contributed by atoms with Crippen LogP contribution in [0, 0.1) is 5.92 Å². The number of hydrogen-bond donors (Lipinski definition) is 1. The molecule has 1 N–H and O–H groups in total. The summed E-state index contributed by atoms with van der Waals surface area (Å²) in [7, 11) is 0. The summed E-state index contributed by atoms with van der Waals surface area (Å²) in [5.74, 6) is -1.70. The van der Waals surface area contributed by atoms with Crippen LogP contribution in [0.4, 0.5) is 0 Å². The molecule has 1 saturated carbocycles. The Morgan fingerprint density at radius 3 is 1.91 bits per heavy atom. The minimum absolute atomic E-state index is 0.143. The molecule has 1 rings (SSSR count). The van der Waals surface area contributed by atoms with Crippen LogP contribution < -0.4 is 5.32 Å². The summed E-state index contributed by atoms with van der Waals surface area (Å²) < 4.78 is 10.1. The van der Waals surface area contributed by atoms with Gasteiger partial charge in [-0.3, -0.25) is 4.79 Å². The second kappa shape index (κ2) is 8.76. The van der Waals surface area contributed by atoms with E-state index in [1.807, 2.05) is 0 Å². The molecule has 1 aliphatic carbocycles. The Labute approximate surface area is 131 Å². The van der Waals surface area contributed by atoms with Gasteiger partial charge in [0.2, 0.25) is 11.4 Å². The second-order valence-corrected chi connectivity index (χ2v) is 5.74. The molecule has 0 saturated heterocycles.